The molecular formula is C17H25NOS. The molecule has 0 radical (unpaired) electrons. The molecule has 0 amide bonds. The second-order valence-corrected chi connectivity index (χ2v) is 7.66. The molecule has 3 heteroatoms. The highest BCUT2D eigenvalue weighted by Crippen LogP contribution is 2.30. The van der Waals surface area contributed by atoms with Gasteiger partial charge in [-0.1, -0.05) is 20.8 Å². The van der Waals surface area contributed by atoms with Gasteiger partial charge in [0, 0.05) is 27.9 Å². The quantitative estimate of drug-likeness (QED) is 0.847. The minimum Gasteiger partial charge on any atom is -0.466 e. The van der Waals surface area contributed by atoms with Crippen LogP contribution in [0.3, 0.4) is 0 Å². The van der Waals surface area contributed by atoms with Crippen molar-refractivity contribution in [1.82, 2.24) is 5.32 Å². The van der Waals surface area contributed by atoms with Crippen LogP contribution in [0.15, 0.2) is 22.6 Å². The van der Waals surface area contributed by atoms with Gasteiger partial charge in [0.15, 0.2) is 0 Å². The lowest BCUT2D eigenvalue weighted by Crippen LogP contribution is -2.17. The molecule has 0 aliphatic rings. The van der Waals surface area contributed by atoms with Crippen molar-refractivity contribution in [3.05, 3.63) is 45.0 Å². The second-order valence-electron chi connectivity index (χ2n) is 6.49. The van der Waals surface area contributed by atoms with Crippen molar-refractivity contribution < 1.29 is 4.42 Å². The molecule has 0 bridgehead atoms. The highest BCUT2D eigenvalue weighted by molar-refractivity contribution is 7.12. The van der Waals surface area contributed by atoms with Gasteiger partial charge in [0.1, 0.15) is 11.5 Å². The van der Waals surface area contributed by atoms with Gasteiger partial charge >= 0.3 is 0 Å². The van der Waals surface area contributed by atoms with Crippen molar-refractivity contribution in [3.63, 3.8) is 0 Å². The van der Waals surface area contributed by atoms with Gasteiger partial charge in [-0.3, -0.25) is 0 Å². The van der Waals surface area contributed by atoms with E-state index in [1.165, 1.54) is 15.3 Å². The van der Waals surface area contributed by atoms with Gasteiger partial charge in [-0.15, -0.1) is 11.3 Å². The first kappa shape index (κ1) is 15.3. The Bertz CT molecular complexity index is 574. The van der Waals surface area contributed by atoms with Gasteiger partial charge in [-0.25, -0.2) is 0 Å². The fourth-order valence-electron chi connectivity index (χ4n) is 2.32. The Morgan fingerprint density at radius 3 is 2.45 bits per heavy atom. The van der Waals surface area contributed by atoms with E-state index in [0.717, 1.165) is 18.1 Å². The van der Waals surface area contributed by atoms with E-state index in [1.54, 1.807) is 0 Å². The van der Waals surface area contributed by atoms with E-state index >= 15 is 0 Å². The Hall–Kier alpha value is -1.06. The molecule has 20 heavy (non-hydrogen) atoms. The summed E-state index contributed by atoms with van der Waals surface area (Å²) < 4.78 is 5.60. The molecule has 1 unspecified atom stereocenters. The Balaban J connectivity index is 1.98. The highest BCUT2D eigenvalue weighted by Gasteiger charge is 2.17. The average molecular weight is 291 g/mol. The summed E-state index contributed by atoms with van der Waals surface area (Å²) in [7, 11) is 0. The summed E-state index contributed by atoms with van der Waals surface area (Å²) in [5.41, 5.74) is 1.50. The first-order chi connectivity index (χ1) is 9.27. The zero-order valence-electron chi connectivity index (χ0n) is 13.3. The molecule has 2 heterocycles. The molecule has 0 spiro atoms. The van der Waals surface area contributed by atoms with Gasteiger partial charge in [0.25, 0.3) is 0 Å². The summed E-state index contributed by atoms with van der Waals surface area (Å²) in [5, 5.41) is 3.58. The summed E-state index contributed by atoms with van der Waals surface area (Å²) >= 11 is 1.90. The summed E-state index contributed by atoms with van der Waals surface area (Å²) in [6.45, 7) is 13.9. The van der Waals surface area contributed by atoms with Crippen LogP contribution in [0, 0.1) is 13.8 Å². The van der Waals surface area contributed by atoms with E-state index in [9.17, 15) is 0 Å². The fourth-order valence-corrected chi connectivity index (χ4v) is 3.34. The van der Waals surface area contributed by atoms with Crippen LogP contribution < -0.4 is 5.32 Å². The third-order valence-electron chi connectivity index (χ3n) is 3.53. The van der Waals surface area contributed by atoms with E-state index in [2.05, 4.69) is 51.2 Å². The van der Waals surface area contributed by atoms with E-state index in [4.69, 9.17) is 4.42 Å². The number of nitrogens with one attached hydrogen (secondary N) is 1. The molecule has 1 atom stereocenters. The van der Waals surface area contributed by atoms with Crippen LogP contribution in [-0.2, 0) is 12.0 Å². The molecule has 0 saturated carbocycles. The number of aryl methyl sites for hydroxylation is 2. The zero-order valence-corrected chi connectivity index (χ0v) is 14.1. The molecule has 0 aliphatic carbocycles. The maximum absolute atomic E-state index is 5.60. The lowest BCUT2D eigenvalue weighted by atomic mass is 9.95. The SMILES string of the molecule is Cc1cc(C(C)NCc2ccc(C(C)(C)C)s2)c(C)o1. The van der Waals surface area contributed by atoms with Gasteiger partial charge in [0.05, 0.1) is 0 Å². The second kappa shape index (κ2) is 5.74. The van der Waals surface area contributed by atoms with Gasteiger partial charge in [-0.05, 0) is 44.4 Å². The molecule has 2 aromatic rings. The monoisotopic (exact) mass is 291 g/mol. The van der Waals surface area contributed by atoms with Crippen molar-refractivity contribution in [2.45, 2.75) is 59.5 Å². The van der Waals surface area contributed by atoms with Crippen molar-refractivity contribution >= 4 is 11.3 Å². The van der Waals surface area contributed by atoms with Crippen molar-refractivity contribution in [2.75, 3.05) is 0 Å². The topological polar surface area (TPSA) is 25.2 Å². The van der Waals surface area contributed by atoms with Crippen LogP contribution in [0.5, 0.6) is 0 Å². The van der Waals surface area contributed by atoms with Crippen LogP contribution >= 0.6 is 11.3 Å². The minimum atomic E-state index is 0.243. The standard InChI is InChI=1S/C17H25NOS/c1-11-9-15(13(3)19-11)12(2)18-10-14-7-8-16(20-14)17(4,5)6/h7-9,12,18H,10H2,1-6H3. The summed E-state index contributed by atoms with van der Waals surface area (Å²) in [6.07, 6.45) is 0. The van der Waals surface area contributed by atoms with Crippen LogP contribution in [0.25, 0.3) is 0 Å². The maximum atomic E-state index is 5.60. The zero-order chi connectivity index (χ0) is 14.9. The predicted octanol–water partition coefficient (Wildman–Crippen LogP) is 5.11. The highest BCUT2D eigenvalue weighted by atomic mass is 32.1. The lowest BCUT2D eigenvalue weighted by Gasteiger charge is -2.15. The van der Waals surface area contributed by atoms with Crippen molar-refractivity contribution in [1.29, 1.82) is 0 Å². The molecule has 2 nitrogen and oxygen atoms in total. The largest absolute Gasteiger partial charge is 0.466 e. The minimum absolute atomic E-state index is 0.243. The molecule has 1 N–H and O–H groups in total. The van der Waals surface area contributed by atoms with Crippen LogP contribution in [0.4, 0.5) is 0 Å². The van der Waals surface area contributed by atoms with E-state index < -0.39 is 0 Å². The first-order valence-electron chi connectivity index (χ1n) is 7.17. The molecular weight excluding hydrogens is 266 g/mol. The van der Waals surface area contributed by atoms with E-state index in [1.807, 2.05) is 25.2 Å². The molecule has 110 valence electrons. The molecule has 0 aliphatic heterocycles. The molecule has 2 rings (SSSR count). The molecule has 0 aromatic carbocycles. The van der Waals surface area contributed by atoms with Gasteiger partial charge in [0.2, 0.25) is 0 Å². The van der Waals surface area contributed by atoms with Gasteiger partial charge < -0.3 is 9.73 Å². The fraction of sp³-hybridized carbons (Fsp3) is 0.529. The average Bonchev–Trinajstić information content (AvgIpc) is 2.92. The number of rotatable bonds is 4. The van der Waals surface area contributed by atoms with Gasteiger partial charge in [-0.2, -0.15) is 0 Å². The first-order valence-corrected chi connectivity index (χ1v) is 7.98. The van der Waals surface area contributed by atoms with Crippen LogP contribution in [0.2, 0.25) is 0 Å². The maximum Gasteiger partial charge on any atom is 0.105 e. The van der Waals surface area contributed by atoms with Crippen LogP contribution in [0.1, 0.15) is 60.6 Å². The third kappa shape index (κ3) is 3.53. The molecule has 2 aromatic heterocycles. The van der Waals surface area contributed by atoms with Crippen LogP contribution in [-0.4, -0.2) is 0 Å². The Kier molecular flexibility index (Phi) is 4.40. The summed E-state index contributed by atoms with van der Waals surface area (Å²) in [5.74, 6) is 2.00. The summed E-state index contributed by atoms with van der Waals surface area (Å²) in [4.78, 5) is 2.83. The number of thiophene rings is 1. The number of furan rings is 1. The predicted molar refractivity (Wildman–Crippen MR) is 86.5 cm³/mol. The van der Waals surface area contributed by atoms with Crippen molar-refractivity contribution in [2.24, 2.45) is 0 Å². The Morgan fingerprint density at radius 1 is 1.25 bits per heavy atom. The smallest absolute Gasteiger partial charge is 0.105 e. The van der Waals surface area contributed by atoms with E-state index in [0.29, 0.717) is 6.04 Å². The Labute approximate surface area is 126 Å². The third-order valence-corrected chi connectivity index (χ3v) is 5.04. The molecule has 0 saturated heterocycles. The molecule has 0 fully saturated rings. The van der Waals surface area contributed by atoms with Crippen molar-refractivity contribution in [3.8, 4) is 0 Å². The van der Waals surface area contributed by atoms with E-state index in [-0.39, 0.29) is 5.41 Å². The lowest BCUT2D eigenvalue weighted by molar-refractivity contribution is 0.490. The number of hydrogen-bond acceptors (Lipinski definition) is 3. The number of hydrogen-bond donors (Lipinski definition) is 1. The summed E-state index contributed by atoms with van der Waals surface area (Å²) in [6, 6.07) is 6.92. The Morgan fingerprint density at radius 2 is 1.95 bits per heavy atom. The normalized spacial score (nSPS) is 13.7.